The molecule has 0 aliphatic rings. The molecule has 0 fully saturated rings. The quantitative estimate of drug-likeness (QED) is 0.844. The van der Waals surface area contributed by atoms with Crippen LogP contribution in [-0.4, -0.2) is 11.8 Å². The number of hydrogen-bond acceptors (Lipinski definition) is 3. The summed E-state index contributed by atoms with van der Waals surface area (Å²) < 4.78 is 0.908. The van der Waals surface area contributed by atoms with E-state index in [4.69, 9.17) is 0 Å². The molecule has 0 atom stereocenters. The highest BCUT2D eigenvalue weighted by atomic mass is 79.9. The van der Waals surface area contributed by atoms with Crippen molar-refractivity contribution < 1.29 is 9.59 Å². The number of carbonyl (C=O) groups is 2. The summed E-state index contributed by atoms with van der Waals surface area (Å²) in [6.45, 7) is 3.66. The van der Waals surface area contributed by atoms with Gasteiger partial charge in [0, 0.05) is 22.7 Å². The van der Waals surface area contributed by atoms with Crippen LogP contribution in [0.5, 0.6) is 0 Å². The molecule has 4 nitrogen and oxygen atoms in total. The molecule has 110 valence electrons. The van der Waals surface area contributed by atoms with Gasteiger partial charge in [0.15, 0.2) is 0 Å². The van der Waals surface area contributed by atoms with Gasteiger partial charge in [-0.25, -0.2) is 0 Å². The normalized spacial score (nSPS) is 10.5. The number of anilines is 2. The number of thiophene rings is 1. The standard InChI is InChI=1S/C15H15BrN2O2S/c1-9(2)14(19)17-11-4-3-5-12(7-11)18-15(20)10-6-13(16)21-8-10/h3-9H,1-2H3,(H,17,19)(H,18,20). The lowest BCUT2D eigenvalue weighted by Gasteiger charge is -2.10. The second-order valence-corrected chi connectivity index (χ2v) is 7.11. The molecule has 1 aromatic heterocycles. The summed E-state index contributed by atoms with van der Waals surface area (Å²) in [5.41, 5.74) is 1.91. The molecule has 2 rings (SSSR count). The number of halogens is 1. The Morgan fingerprint density at radius 3 is 2.38 bits per heavy atom. The fourth-order valence-electron chi connectivity index (χ4n) is 1.59. The topological polar surface area (TPSA) is 58.2 Å². The minimum atomic E-state index is -0.177. The molecule has 1 heterocycles. The molecule has 2 N–H and O–H groups in total. The second kappa shape index (κ2) is 6.87. The lowest BCUT2D eigenvalue weighted by atomic mass is 10.2. The van der Waals surface area contributed by atoms with Crippen LogP contribution in [0, 0.1) is 5.92 Å². The van der Waals surface area contributed by atoms with Gasteiger partial charge in [-0.15, -0.1) is 11.3 Å². The molecule has 2 amide bonds. The van der Waals surface area contributed by atoms with Crippen LogP contribution in [0.3, 0.4) is 0 Å². The van der Waals surface area contributed by atoms with E-state index < -0.39 is 0 Å². The predicted molar refractivity (Wildman–Crippen MR) is 89.9 cm³/mol. The van der Waals surface area contributed by atoms with Crippen molar-refractivity contribution in [2.45, 2.75) is 13.8 Å². The maximum atomic E-state index is 12.1. The maximum absolute atomic E-state index is 12.1. The molecule has 21 heavy (non-hydrogen) atoms. The zero-order valence-electron chi connectivity index (χ0n) is 11.6. The first-order valence-electron chi connectivity index (χ1n) is 6.42. The van der Waals surface area contributed by atoms with Gasteiger partial charge in [-0.2, -0.15) is 0 Å². The van der Waals surface area contributed by atoms with Gasteiger partial charge in [-0.1, -0.05) is 19.9 Å². The lowest BCUT2D eigenvalue weighted by Crippen LogP contribution is -2.18. The van der Waals surface area contributed by atoms with Crippen LogP contribution in [0.1, 0.15) is 24.2 Å². The average Bonchev–Trinajstić information content (AvgIpc) is 2.86. The molecule has 2 aromatic rings. The third-order valence-corrected chi connectivity index (χ3v) is 4.25. The van der Waals surface area contributed by atoms with Crippen molar-refractivity contribution in [2.24, 2.45) is 5.92 Å². The summed E-state index contributed by atoms with van der Waals surface area (Å²) in [6, 6.07) is 8.86. The Balaban J connectivity index is 2.07. The average molecular weight is 367 g/mol. The monoisotopic (exact) mass is 366 g/mol. The summed E-state index contributed by atoms with van der Waals surface area (Å²) in [4.78, 5) is 23.7. The first kappa shape index (κ1) is 15.7. The van der Waals surface area contributed by atoms with Gasteiger partial charge in [-0.05, 0) is 40.2 Å². The maximum Gasteiger partial charge on any atom is 0.256 e. The molecule has 0 saturated heterocycles. The van der Waals surface area contributed by atoms with Crippen LogP contribution in [0.25, 0.3) is 0 Å². The molecular weight excluding hydrogens is 352 g/mol. The fourth-order valence-corrected chi connectivity index (χ4v) is 2.73. The van der Waals surface area contributed by atoms with Crippen molar-refractivity contribution in [1.82, 2.24) is 0 Å². The van der Waals surface area contributed by atoms with E-state index >= 15 is 0 Å². The minimum Gasteiger partial charge on any atom is -0.326 e. The smallest absolute Gasteiger partial charge is 0.256 e. The van der Waals surface area contributed by atoms with Gasteiger partial charge >= 0.3 is 0 Å². The van der Waals surface area contributed by atoms with Gasteiger partial charge in [0.2, 0.25) is 5.91 Å². The molecule has 0 bridgehead atoms. The van der Waals surface area contributed by atoms with Crippen molar-refractivity contribution in [1.29, 1.82) is 0 Å². The Kier molecular flexibility index (Phi) is 5.14. The highest BCUT2D eigenvalue weighted by molar-refractivity contribution is 9.11. The Labute approximate surface area is 135 Å². The summed E-state index contributed by atoms with van der Waals surface area (Å²) in [5, 5.41) is 7.39. The third-order valence-electron chi connectivity index (χ3n) is 2.74. The van der Waals surface area contributed by atoms with Crippen LogP contribution in [0.4, 0.5) is 11.4 Å². The number of rotatable bonds is 4. The highest BCUT2D eigenvalue weighted by Crippen LogP contribution is 2.22. The fraction of sp³-hybridized carbons (Fsp3) is 0.200. The van der Waals surface area contributed by atoms with Crippen molar-refractivity contribution >= 4 is 50.5 Å². The largest absolute Gasteiger partial charge is 0.326 e. The van der Waals surface area contributed by atoms with Crippen molar-refractivity contribution in [3.05, 3.63) is 45.1 Å². The summed E-state index contributed by atoms with van der Waals surface area (Å²) >= 11 is 4.79. The highest BCUT2D eigenvalue weighted by Gasteiger charge is 2.10. The first-order chi connectivity index (χ1) is 9.95. The number of carbonyl (C=O) groups excluding carboxylic acids is 2. The van der Waals surface area contributed by atoms with E-state index in [9.17, 15) is 9.59 Å². The molecule has 0 aliphatic carbocycles. The zero-order chi connectivity index (χ0) is 15.4. The van der Waals surface area contributed by atoms with Crippen LogP contribution in [0.15, 0.2) is 39.5 Å². The molecule has 0 spiro atoms. The number of amides is 2. The van der Waals surface area contributed by atoms with Crippen LogP contribution in [0.2, 0.25) is 0 Å². The van der Waals surface area contributed by atoms with Crippen molar-refractivity contribution in [3.8, 4) is 0 Å². The Morgan fingerprint density at radius 1 is 1.14 bits per heavy atom. The van der Waals surface area contributed by atoms with E-state index in [2.05, 4.69) is 26.6 Å². The molecule has 0 saturated carbocycles. The van der Waals surface area contributed by atoms with E-state index in [1.54, 1.807) is 35.7 Å². The molecule has 6 heteroatoms. The van der Waals surface area contributed by atoms with Crippen LogP contribution < -0.4 is 10.6 Å². The summed E-state index contributed by atoms with van der Waals surface area (Å²) in [5.74, 6) is -0.323. The van der Waals surface area contributed by atoms with Gasteiger partial charge < -0.3 is 10.6 Å². The first-order valence-corrected chi connectivity index (χ1v) is 8.09. The lowest BCUT2D eigenvalue weighted by molar-refractivity contribution is -0.118. The number of benzene rings is 1. The van der Waals surface area contributed by atoms with E-state index in [0.29, 0.717) is 16.9 Å². The number of hydrogen-bond donors (Lipinski definition) is 2. The third kappa shape index (κ3) is 4.41. The Morgan fingerprint density at radius 2 is 1.81 bits per heavy atom. The Bertz CT molecular complexity index is 667. The van der Waals surface area contributed by atoms with E-state index in [0.717, 1.165) is 3.79 Å². The summed E-state index contributed by atoms with van der Waals surface area (Å²) in [7, 11) is 0. The van der Waals surface area contributed by atoms with Crippen LogP contribution >= 0.6 is 27.3 Å². The van der Waals surface area contributed by atoms with Crippen molar-refractivity contribution in [3.63, 3.8) is 0 Å². The van der Waals surface area contributed by atoms with Gasteiger partial charge in [0.1, 0.15) is 0 Å². The molecule has 0 aliphatic heterocycles. The zero-order valence-corrected chi connectivity index (χ0v) is 14.0. The van der Waals surface area contributed by atoms with Gasteiger partial charge in [0.05, 0.1) is 9.35 Å². The number of nitrogens with one attached hydrogen (secondary N) is 2. The molecule has 0 radical (unpaired) electrons. The predicted octanol–water partition coefficient (Wildman–Crippen LogP) is 4.36. The van der Waals surface area contributed by atoms with Gasteiger partial charge in [0.25, 0.3) is 5.91 Å². The van der Waals surface area contributed by atoms with E-state index in [-0.39, 0.29) is 17.7 Å². The SMILES string of the molecule is CC(C)C(=O)Nc1cccc(NC(=O)c2csc(Br)c2)c1. The van der Waals surface area contributed by atoms with Crippen molar-refractivity contribution in [2.75, 3.05) is 10.6 Å². The van der Waals surface area contributed by atoms with Gasteiger partial charge in [-0.3, -0.25) is 9.59 Å². The Hall–Kier alpha value is -1.66. The minimum absolute atomic E-state index is 0.0553. The molecule has 1 aromatic carbocycles. The molecule has 0 unspecified atom stereocenters. The van der Waals surface area contributed by atoms with Crippen LogP contribution in [-0.2, 0) is 4.79 Å². The summed E-state index contributed by atoms with van der Waals surface area (Å²) in [6.07, 6.45) is 0. The van der Waals surface area contributed by atoms with E-state index in [1.807, 2.05) is 13.8 Å². The van der Waals surface area contributed by atoms with E-state index in [1.165, 1.54) is 11.3 Å². The molecular formula is C15H15BrN2O2S. The second-order valence-electron chi connectivity index (χ2n) is 4.82.